The Bertz CT molecular complexity index is 1300. The van der Waals surface area contributed by atoms with Crippen LogP contribution in [0, 0.1) is 0 Å². The van der Waals surface area contributed by atoms with Crippen molar-refractivity contribution >= 4 is 18.1 Å². The Morgan fingerprint density at radius 3 is 2.45 bits per heavy atom. The van der Waals surface area contributed by atoms with Crippen LogP contribution in [0.2, 0.25) is 0 Å². The number of carbonyl (C=O) groups is 1. The summed E-state index contributed by atoms with van der Waals surface area (Å²) in [5, 5.41) is 9.57. The van der Waals surface area contributed by atoms with Gasteiger partial charge in [-0.3, -0.25) is 9.69 Å². The standard InChI is InChI=1S/C30H29F4NO3/c1-38-28-17-22(14-13-21-10-7-11-24(25(21)18-31)20-8-3-2-4-9-20)26(30(32,33)34)16-23(28)19-35-15-6-5-12-27(35)29(36)37/h2-4,7-11,13-14,16-17,27H,5-6,12,15,18-19H2,1H3,(H,36,37)/b14-13+/t27-/m0/s1. The third-order valence-corrected chi connectivity index (χ3v) is 6.90. The predicted molar refractivity (Wildman–Crippen MR) is 139 cm³/mol. The molecule has 1 N–H and O–H groups in total. The van der Waals surface area contributed by atoms with E-state index < -0.39 is 30.4 Å². The fourth-order valence-electron chi connectivity index (χ4n) is 4.99. The van der Waals surface area contributed by atoms with Gasteiger partial charge in [-0.25, -0.2) is 4.39 Å². The van der Waals surface area contributed by atoms with E-state index in [9.17, 15) is 27.5 Å². The third kappa shape index (κ3) is 6.07. The van der Waals surface area contributed by atoms with E-state index in [4.69, 9.17) is 4.74 Å². The summed E-state index contributed by atoms with van der Waals surface area (Å²) in [5.41, 5.74) is 1.62. The van der Waals surface area contributed by atoms with Gasteiger partial charge in [0.25, 0.3) is 0 Å². The Hall–Kier alpha value is -3.65. The Morgan fingerprint density at radius 1 is 1.05 bits per heavy atom. The number of methoxy groups -OCH3 is 1. The summed E-state index contributed by atoms with van der Waals surface area (Å²) in [7, 11) is 1.37. The first-order valence-electron chi connectivity index (χ1n) is 12.4. The molecule has 1 aliphatic rings. The van der Waals surface area contributed by atoms with Gasteiger partial charge in [-0.2, -0.15) is 13.2 Å². The highest BCUT2D eigenvalue weighted by atomic mass is 19.4. The van der Waals surface area contributed by atoms with E-state index in [0.717, 1.165) is 24.5 Å². The molecule has 1 heterocycles. The van der Waals surface area contributed by atoms with E-state index in [2.05, 4.69) is 0 Å². The topological polar surface area (TPSA) is 49.8 Å². The van der Waals surface area contributed by atoms with Crippen LogP contribution >= 0.6 is 0 Å². The molecule has 0 spiro atoms. The Labute approximate surface area is 219 Å². The second-order valence-corrected chi connectivity index (χ2v) is 9.28. The second-order valence-electron chi connectivity index (χ2n) is 9.28. The first-order chi connectivity index (χ1) is 18.2. The summed E-state index contributed by atoms with van der Waals surface area (Å²) >= 11 is 0. The highest BCUT2D eigenvalue weighted by Gasteiger charge is 2.35. The average molecular weight is 528 g/mol. The van der Waals surface area contributed by atoms with Gasteiger partial charge in [0, 0.05) is 12.1 Å². The number of alkyl halides is 4. The molecule has 1 fully saturated rings. The molecule has 8 heteroatoms. The number of piperidine rings is 1. The third-order valence-electron chi connectivity index (χ3n) is 6.90. The highest BCUT2D eigenvalue weighted by molar-refractivity contribution is 5.79. The molecule has 1 aliphatic heterocycles. The van der Waals surface area contributed by atoms with Crippen LogP contribution in [-0.4, -0.2) is 35.7 Å². The van der Waals surface area contributed by atoms with Crippen molar-refractivity contribution in [3.8, 4) is 16.9 Å². The quantitative estimate of drug-likeness (QED) is 0.244. The zero-order chi connectivity index (χ0) is 27.3. The molecule has 4 rings (SSSR count). The molecule has 0 amide bonds. The number of nitrogens with zero attached hydrogens (tertiary/aromatic N) is 1. The summed E-state index contributed by atoms with van der Waals surface area (Å²) in [6.45, 7) is -0.273. The lowest BCUT2D eigenvalue weighted by Crippen LogP contribution is -2.44. The van der Waals surface area contributed by atoms with Crippen LogP contribution in [0.1, 0.15) is 47.1 Å². The van der Waals surface area contributed by atoms with Crippen molar-refractivity contribution in [1.82, 2.24) is 4.90 Å². The van der Waals surface area contributed by atoms with Crippen LogP contribution in [0.3, 0.4) is 0 Å². The smallest absolute Gasteiger partial charge is 0.417 e. The number of carboxylic acid groups (broad SMARTS) is 1. The zero-order valence-corrected chi connectivity index (χ0v) is 21.0. The number of carboxylic acids is 1. The van der Waals surface area contributed by atoms with Crippen molar-refractivity contribution in [2.24, 2.45) is 0 Å². The summed E-state index contributed by atoms with van der Waals surface area (Å²) in [5.74, 6) is -0.753. The van der Waals surface area contributed by atoms with E-state index in [1.165, 1.54) is 25.3 Å². The highest BCUT2D eigenvalue weighted by Crippen LogP contribution is 2.38. The Balaban J connectivity index is 1.73. The van der Waals surface area contributed by atoms with Gasteiger partial charge in [0.15, 0.2) is 0 Å². The molecule has 0 bridgehead atoms. The van der Waals surface area contributed by atoms with E-state index in [1.807, 2.05) is 30.3 Å². The van der Waals surface area contributed by atoms with E-state index in [-0.39, 0.29) is 23.4 Å². The molecular formula is C30H29F4NO3. The number of ether oxygens (including phenoxy) is 1. The number of hydrogen-bond donors (Lipinski definition) is 1. The summed E-state index contributed by atoms with van der Waals surface area (Å²) in [6, 6.07) is 16.0. The molecule has 0 radical (unpaired) electrons. The fraction of sp³-hybridized carbons (Fsp3) is 0.300. The lowest BCUT2D eigenvalue weighted by Gasteiger charge is -2.33. The zero-order valence-electron chi connectivity index (χ0n) is 21.0. The van der Waals surface area contributed by atoms with Gasteiger partial charge in [-0.05, 0) is 59.3 Å². The molecule has 38 heavy (non-hydrogen) atoms. The molecule has 3 aromatic carbocycles. The molecule has 0 aliphatic carbocycles. The second kappa shape index (κ2) is 11.8. The van der Waals surface area contributed by atoms with Gasteiger partial charge in [-0.1, -0.05) is 67.1 Å². The molecular weight excluding hydrogens is 498 g/mol. The monoisotopic (exact) mass is 527 g/mol. The van der Waals surface area contributed by atoms with Gasteiger partial charge < -0.3 is 9.84 Å². The van der Waals surface area contributed by atoms with Crippen LogP contribution in [0.4, 0.5) is 17.6 Å². The normalized spacial score (nSPS) is 16.6. The van der Waals surface area contributed by atoms with Crippen LogP contribution in [0.5, 0.6) is 5.75 Å². The average Bonchev–Trinajstić information content (AvgIpc) is 2.91. The number of halogens is 4. The number of likely N-dealkylation sites (tertiary alicyclic amines) is 1. The maximum Gasteiger partial charge on any atom is 0.417 e. The van der Waals surface area contributed by atoms with Gasteiger partial charge in [0.2, 0.25) is 0 Å². The molecule has 1 atom stereocenters. The molecule has 200 valence electrons. The van der Waals surface area contributed by atoms with Gasteiger partial charge in [0.05, 0.1) is 12.7 Å². The van der Waals surface area contributed by atoms with Gasteiger partial charge >= 0.3 is 12.1 Å². The van der Waals surface area contributed by atoms with E-state index in [0.29, 0.717) is 29.7 Å². The van der Waals surface area contributed by atoms with Crippen molar-refractivity contribution in [2.45, 2.75) is 44.7 Å². The first kappa shape index (κ1) is 27.4. The van der Waals surface area contributed by atoms with E-state index >= 15 is 0 Å². The number of benzene rings is 3. The molecule has 1 saturated heterocycles. The molecule has 0 aromatic heterocycles. The maximum atomic E-state index is 14.2. The number of hydrogen-bond acceptors (Lipinski definition) is 3. The summed E-state index contributed by atoms with van der Waals surface area (Å²) < 4.78 is 62.0. The molecule has 0 unspecified atom stereocenters. The van der Waals surface area contributed by atoms with Crippen molar-refractivity contribution in [3.05, 3.63) is 88.5 Å². The predicted octanol–water partition coefficient (Wildman–Crippen LogP) is 7.46. The van der Waals surface area contributed by atoms with Gasteiger partial charge in [-0.15, -0.1) is 0 Å². The summed E-state index contributed by atoms with van der Waals surface area (Å²) in [4.78, 5) is 13.4. The van der Waals surface area contributed by atoms with Crippen LogP contribution in [-0.2, 0) is 24.2 Å². The first-order valence-corrected chi connectivity index (χ1v) is 12.4. The van der Waals surface area contributed by atoms with Crippen molar-refractivity contribution in [1.29, 1.82) is 0 Å². The van der Waals surface area contributed by atoms with Gasteiger partial charge in [0.1, 0.15) is 18.5 Å². The molecule has 0 saturated carbocycles. The SMILES string of the molecule is COc1cc(/C=C/c2cccc(-c3ccccc3)c2CF)c(C(F)(F)F)cc1CN1CCCC[C@H]1C(=O)O. The van der Waals surface area contributed by atoms with E-state index in [1.54, 1.807) is 23.1 Å². The lowest BCUT2D eigenvalue weighted by molar-refractivity contribution is -0.145. The van der Waals surface area contributed by atoms with Crippen LogP contribution in [0.25, 0.3) is 23.3 Å². The Morgan fingerprint density at radius 2 is 1.79 bits per heavy atom. The van der Waals surface area contributed by atoms with Crippen LogP contribution in [0.15, 0.2) is 60.7 Å². The molecule has 3 aromatic rings. The lowest BCUT2D eigenvalue weighted by atomic mass is 9.94. The number of aliphatic carboxylic acids is 1. The minimum atomic E-state index is -4.66. The van der Waals surface area contributed by atoms with Crippen molar-refractivity contribution < 1.29 is 32.2 Å². The Kier molecular flexibility index (Phi) is 8.52. The van der Waals surface area contributed by atoms with Crippen molar-refractivity contribution in [3.63, 3.8) is 0 Å². The minimum Gasteiger partial charge on any atom is -0.496 e. The minimum absolute atomic E-state index is 0.0261. The maximum absolute atomic E-state index is 14.2. The summed E-state index contributed by atoms with van der Waals surface area (Å²) in [6.07, 6.45) is 0.120. The van der Waals surface area contributed by atoms with Crippen LogP contribution < -0.4 is 4.74 Å². The largest absolute Gasteiger partial charge is 0.496 e. The number of rotatable bonds is 8. The molecule has 4 nitrogen and oxygen atoms in total. The fourth-order valence-corrected chi connectivity index (χ4v) is 4.99. The van der Waals surface area contributed by atoms with Crippen molar-refractivity contribution in [2.75, 3.05) is 13.7 Å².